The topological polar surface area (TPSA) is 84.9 Å². The molecular formula is C23H31FN2O5S. The van der Waals surface area contributed by atoms with Crippen LogP contribution in [0.3, 0.4) is 0 Å². The highest BCUT2D eigenvalue weighted by atomic mass is 32.2. The second-order valence-electron chi connectivity index (χ2n) is 7.13. The molecule has 0 heterocycles. The predicted octanol–water partition coefficient (Wildman–Crippen LogP) is 3.38. The van der Waals surface area contributed by atoms with Gasteiger partial charge in [-0.25, -0.2) is 17.1 Å². The van der Waals surface area contributed by atoms with E-state index in [1.165, 1.54) is 23.5 Å². The van der Waals surface area contributed by atoms with Crippen molar-refractivity contribution in [3.8, 4) is 11.5 Å². The Hall–Kier alpha value is -2.65. The molecule has 0 aliphatic heterocycles. The Bertz CT molecular complexity index is 980. The standard InChI is InChI=1S/C23H31FN2O5S/c1-4-30-21-13-8-18(17-22(21)31-5-2)14-15-25-23(27)7-6-16-26(3)32(28,29)20-11-9-19(24)10-12-20/h8-13,17H,4-7,14-16H2,1-3H3,(H,25,27). The van der Waals surface area contributed by atoms with Crippen LogP contribution in [0, 0.1) is 5.82 Å². The highest BCUT2D eigenvalue weighted by Crippen LogP contribution is 2.28. The molecule has 2 aromatic carbocycles. The molecule has 9 heteroatoms. The number of sulfonamides is 1. The molecule has 0 saturated heterocycles. The fraction of sp³-hybridized carbons (Fsp3) is 0.435. The van der Waals surface area contributed by atoms with Crippen molar-refractivity contribution in [2.24, 2.45) is 0 Å². The summed E-state index contributed by atoms with van der Waals surface area (Å²) in [5.41, 5.74) is 1.02. The molecule has 7 nitrogen and oxygen atoms in total. The Balaban J connectivity index is 1.76. The third-order valence-corrected chi connectivity index (χ3v) is 6.61. The van der Waals surface area contributed by atoms with Crippen molar-refractivity contribution in [1.82, 2.24) is 9.62 Å². The number of rotatable bonds is 13. The number of ether oxygens (including phenoxy) is 2. The van der Waals surface area contributed by atoms with E-state index in [4.69, 9.17) is 9.47 Å². The summed E-state index contributed by atoms with van der Waals surface area (Å²) in [7, 11) is -2.27. The molecule has 2 aromatic rings. The number of hydrogen-bond donors (Lipinski definition) is 1. The Labute approximate surface area is 189 Å². The van der Waals surface area contributed by atoms with E-state index in [9.17, 15) is 17.6 Å². The van der Waals surface area contributed by atoms with Crippen LogP contribution in [0.2, 0.25) is 0 Å². The van der Waals surface area contributed by atoms with Gasteiger partial charge in [-0.3, -0.25) is 4.79 Å². The van der Waals surface area contributed by atoms with Crippen molar-refractivity contribution in [3.63, 3.8) is 0 Å². The number of benzene rings is 2. The fourth-order valence-corrected chi connectivity index (χ4v) is 4.26. The van der Waals surface area contributed by atoms with E-state index in [1.54, 1.807) is 0 Å². The SMILES string of the molecule is CCOc1ccc(CCNC(=O)CCCN(C)S(=O)(=O)c2ccc(F)cc2)cc1OCC. The Morgan fingerprint density at radius 2 is 1.69 bits per heavy atom. The summed E-state index contributed by atoms with van der Waals surface area (Å²) in [5.74, 6) is 0.738. The molecule has 0 atom stereocenters. The Morgan fingerprint density at radius 3 is 2.34 bits per heavy atom. The molecule has 0 spiro atoms. The molecule has 0 aliphatic rings. The second-order valence-corrected chi connectivity index (χ2v) is 9.18. The normalized spacial score (nSPS) is 11.4. The number of carbonyl (C=O) groups excluding carboxylic acids is 1. The summed E-state index contributed by atoms with van der Waals surface area (Å²) in [6, 6.07) is 10.4. The van der Waals surface area contributed by atoms with Crippen LogP contribution in [0.25, 0.3) is 0 Å². The van der Waals surface area contributed by atoms with Crippen molar-refractivity contribution >= 4 is 15.9 Å². The molecule has 1 amide bonds. The molecule has 32 heavy (non-hydrogen) atoms. The van der Waals surface area contributed by atoms with Crippen LogP contribution in [0.1, 0.15) is 32.3 Å². The quantitative estimate of drug-likeness (QED) is 0.489. The second kappa shape index (κ2) is 12.4. The minimum atomic E-state index is -3.71. The Kier molecular flexibility index (Phi) is 9.93. The highest BCUT2D eigenvalue weighted by molar-refractivity contribution is 7.89. The largest absolute Gasteiger partial charge is 0.490 e. The maximum atomic E-state index is 13.0. The minimum absolute atomic E-state index is 0.0210. The van der Waals surface area contributed by atoms with Gasteiger partial charge in [0.2, 0.25) is 15.9 Å². The lowest BCUT2D eigenvalue weighted by Crippen LogP contribution is -2.30. The van der Waals surface area contributed by atoms with Gasteiger partial charge in [0.1, 0.15) is 5.82 Å². The molecule has 0 radical (unpaired) electrons. The van der Waals surface area contributed by atoms with Crippen LogP contribution in [0.15, 0.2) is 47.4 Å². The van der Waals surface area contributed by atoms with E-state index < -0.39 is 15.8 Å². The van der Waals surface area contributed by atoms with Gasteiger partial charge in [0.15, 0.2) is 11.5 Å². The zero-order chi connectivity index (χ0) is 23.6. The fourth-order valence-electron chi connectivity index (χ4n) is 3.05. The lowest BCUT2D eigenvalue weighted by atomic mass is 10.1. The molecule has 0 aliphatic carbocycles. The summed E-state index contributed by atoms with van der Waals surface area (Å²) in [6.45, 7) is 5.55. The maximum absolute atomic E-state index is 13.0. The van der Waals surface area contributed by atoms with E-state index in [-0.39, 0.29) is 23.8 Å². The van der Waals surface area contributed by atoms with Crippen molar-refractivity contribution < 1.29 is 27.1 Å². The highest BCUT2D eigenvalue weighted by Gasteiger charge is 2.20. The van der Waals surface area contributed by atoms with E-state index in [1.807, 2.05) is 32.0 Å². The first-order valence-electron chi connectivity index (χ1n) is 10.6. The number of nitrogens with one attached hydrogen (secondary N) is 1. The van der Waals surface area contributed by atoms with Gasteiger partial charge in [-0.2, -0.15) is 0 Å². The summed E-state index contributed by atoms with van der Waals surface area (Å²) >= 11 is 0. The summed E-state index contributed by atoms with van der Waals surface area (Å²) < 4.78 is 50.3. The number of nitrogens with zero attached hydrogens (tertiary/aromatic N) is 1. The van der Waals surface area contributed by atoms with Gasteiger partial charge in [-0.15, -0.1) is 0 Å². The first-order chi connectivity index (χ1) is 15.3. The predicted molar refractivity (Wildman–Crippen MR) is 121 cm³/mol. The minimum Gasteiger partial charge on any atom is -0.490 e. The Morgan fingerprint density at radius 1 is 1.03 bits per heavy atom. The molecule has 0 saturated carbocycles. The lowest BCUT2D eigenvalue weighted by Gasteiger charge is -2.17. The van der Waals surface area contributed by atoms with Crippen LogP contribution in [0.4, 0.5) is 4.39 Å². The molecule has 0 bridgehead atoms. The van der Waals surface area contributed by atoms with Crippen molar-refractivity contribution in [2.75, 3.05) is 33.4 Å². The smallest absolute Gasteiger partial charge is 0.242 e. The van der Waals surface area contributed by atoms with E-state index in [2.05, 4.69) is 5.32 Å². The van der Waals surface area contributed by atoms with Gasteiger partial charge in [0.25, 0.3) is 0 Å². The summed E-state index contributed by atoms with van der Waals surface area (Å²) in [5, 5.41) is 2.85. The van der Waals surface area contributed by atoms with Crippen LogP contribution in [-0.4, -0.2) is 52.0 Å². The van der Waals surface area contributed by atoms with Crippen LogP contribution >= 0.6 is 0 Å². The van der Waals surface area contributed by atoms with Crippen LogP contribution in [-0.2, 0) is 21.2 Å². The number of halogens is 1. The van der Waals surface area contributed by atoms with Gasteiger partial charge in [-0.1, -0.05) is 6.07 Å². The number of amides is 1. The van der Waals surface area contributed by atoms with Gasteiger partial charge in [0.05, 0.1) is 18.1 Å². The molecule has 0 fully saturated rings. The van der Waals surface area contributed by atoms with Crippen molar-refractivity contribution in [2.45, 2.75) is 38.0 Å². The summed E-state index contributed by atoms with van der Waals surface area (Å²) in [6.07, 6.45) is 1.22. The first-order valence-corrected chi connectivity index (χ1v) is 12.1. The van der Waals surface area contributed by atoms with Gasteiger partial charge in [0, 0.05) is 26.6 Å². The maximum Gasteiger partial charge on any atom is 0.242 e. The molecular weight excluding hydrogens is 435 g/mol. The molecule has 176 valence electrons. The molecule has 0 unspecified atom stereocenters. The van der Waals surface area contributed by atoms with E-state index >= 15 is 0 Å². The van der Waals surface area contributed by atoms with Gasteiger partial charge >= 0.3 is 0 Å². The van der Waals surface area contributed by atoms with Crippen LogP contribution < -0.4 is 14.8 Å². The van der Waals surface area contributed by atoms with Crippen LogP contribution in [0.5, 0.6) is 11.5 Å². The monoisotopic (exact) mass is 466 g/mol. The van der Waals surface area contributed by atoms with E-state index in [0.717, 1.165) is 17.7 Å². The summed E-state index contributed by atoms with van der Waals surface area (Å²) in [4.78, 5) is 12.1. The number of hydrogen-bond acceptors (Lipinski definition) is 5. The average molecular weight is 467 g/mol. The average Bonchev–Trinajstić information content (AvgIpc) is 2.76. The first kappa shape index (κ1) is 25.6. The molecule has 2 rings (SSSR count). The molecule has 1 N–H and O–H groups in total. The third kappa shape index (κ3) is 7.49. The third-order valence-electron chi connectivity index (χ3n) is 4.74. The van der Waals surface area contributed by atoms with Crippen molar-refractivity contribution in [3.05, 3.63) is 53.8 Å². The van der Waals surface area contributed by atoms with Gasteiger partial charge < -0.3 is 14.8 Å². The number of carbonyl (C=O) groups is 1. The lowest BCUT2D eigenvalue weighted by molar-refractivity contribution is -0.121. The van der Waals surface area contributed by atoms with Crippen molar-refractivity contribution in [1.29, 1.82) is 0 Å². The van der Waals surface area contributed by atoms with E-state index in [0.29, 0.717) is 44.1 Å². The van der Waals surface area contributed by atoms with Gasteiger partial charge in [-0.05, 0) is 68.7 Å². The zero-order valence-corrected chi connectivity index (χ0v) is 19.6. The molecule has 0 aromatic heterocycles. The zero-order valence-electron chi connectivity index (χ0n) is 18.8.